The van der Waals surface area contributed by atoms with Gasteiger partial charge in [-0.05, 0) is 24.3 Å². The van der Waals surface area contributed by atoms with Crippen molar-refractivity contribution in [2.75, 3.05) is 11.4 Å². The first-order valence-electron chi connectivity index (χ1n) is 6.84. The Balaban J connectivity index is 1.98. The minimum Gasteiger partial charge on any atom is -0.476 e. The maximum atomic E-state index is 12.7. The van der Waals surface area contributed by atoms with Gasteiger partial charge < -0.3 is 9.64 Å². The van der Waals surface area contributed by atoms with E-state index in [4.69, 9.17) is 10.6 Å². The van der Waals surface area contributed by atoms with Crippen LogP contribution in [0.15, 0.2) is 54.6 Å². The van der Waals surface area contributed by atoms with Crippen LogP contribution in [0.2, 0.25) is 0 Å². The van der Waals surface area contributed by atoms with Crippen molar-refractivity contribution in [2.45, 2.75) is 6.10 Å². The summed E-state index contributed by atoms with van der Waals surface area (Å²) in [7, 11) is 0. The van der Waals surface area contributed by atoms with Gasteiger partial charge in [0.2, 0.25) is 0 Å². The molecule has 2 aromatic rings. The lowest BCUT2D eigenvalue weighted by atomic mass is 10.1. The molecule has 1 aliphatic heterocycles. The van der Waals surface area contributed by atoms with Crippen molar-refractivity contribution in [3.8, 4) is 5.75 Å². The second kappa shape index (κ2) is 5.87. The van der Waals surface area contributed by atoms with Gasteiger partial charge in [0.1, 0.15) is 5.75 Å². The number of hydrazine groups is 1. The number of nitrogens with two attached hydrogens (primary N) is 1. The molecule has 0 unspecified atom stereocenters. The van der Waals surface area contributed by atoms with Crippen LogP contribution in [0.5, 0.6) is 5.75 Å². The smallest absolute Gasteiger partial charge is 0.276 e. The first kappa shape index (κ1) is 14.1. The first-order valence-corrected chi connectivity index (χ1v) is 6.84. The minimum absolute atomic E-state index is 0.105. The van der Waals surface area contributed by atoms with E-state index >= 15 is 0 Å². The largest absolute Gasteiger partial charge is 0.476 e. The molecule has 1 atom stereocenters. The zero-order chi connectivity index (χ0) is 15.5. The van der Waals surface area contributed by atoms with Gasteiger partial charge >= 0.3 is 0 Å². The summed E-state index contributed by atoms with van der Waals surface area (Å²) in [5.74, 6) is 4.99. The predicted molar refractivity (Wildman–Crippen MR) is 81.3 cm³/mol. The van der Waals surface area contributed by atoms with Crippen molar-refractivity contribution in [3.05, 3.63) is 60.2 Å². The topological polar surface area (TPSA) is 84.7 Å². The third kappa shape index (κ3) is 2.51. The Labute approximate surface area is 127 Å². The molecule has 1 aliphatic rings. The monoisotopic (exact) mass is 297 g/mol. The lowest BCUT2D eigenvalue weighted by Gasteiger charge is -2.33. The van der Waals surface area contributed by atoms with Crippen LogP contribution >= 0.6 is 0 Å². The number of benzene rings is 2. The van der Waals surface area contributed by atoms with Crippen LogP contribution in [0.3, 0.4) is 0 Å². The molecule has 0 fully saturated rings. The molecule has 0 radical (unpaired) electrons. The van der Waals surface area contributed by atoms with E-state index in [1.807, 2.05) is 12.1 Å². The Morgan fingerprint density at radius 3 is 2.50 bits per heavy atom. The lowest BCUT2D eigenvalue weighted by molar-refractivity contribution is -0.127. The number of anilines is 1. The molecule has 6 nitrogen and oxygen atoms in total. The number of hydrogen-bond donors (Lipinski definition) is 2. The average Bonchev–Trinajstić information content (AvgIpc) is 2.60. The maximum absolute atomic E-state index is 12.7. The minimum atomic E-state index is -0.840. The normalized spacial score (nSPS) is 16.4. The fourth-order valence-corrected chi connectivity index (χ4v) is 2.39. The van der Waals surface area contributed by atoms with Crippen LogP contribution in [0.25, 0.3) is 0 Å². The number of rotatable bonds is 2. The Morgan fingerprint density at radius 2 is 1.77 bits per heavy atom. The van der Waals surface area contributed by atoms with Crippen LogP contribution < -0.4 is 20.9 Å². The van der Waals surface area contributed by atoms with Gasteiger partial charge in [-0.1, -0.05) is 30.3 Å². The number of hydrogen-bond acceptors (Lipinski definition) is 4. The number of ether oxygens (including phenoxy) is 1. The Hall–Kier alpha value is -2.86. The molecule has 3 rings (SSSR count). The highest BCUT2D eigenvalue weighted by molar-refractivity contribution is 6.07. The summed E-state index contributed by atoms with van der Waals surface area (Å²) < 4.78 is 5.61. The molecule has 1 heterocycles. The van der Waals surface area contributed by atoms with Gasteiger partial charge in [-0.3, -0.25) is 15.0 Å². The predicted octanol–water partition coefficient (Wildman–Crippen LogP) is 1.08. The quantitative estimate of drug-likeness (QED) is 0.493. The molecule has 0 spiro atoms. The molecule has 22 heavy (non-hydrogen) atoms. The Kier molecular flexibility index (Phi) is 3.76. The summed E-state index contributed by atoms with van der Waals surface area (Å²) >= 11 is 0. The van der Waals surface area contributed by atoms with Gasteiger partial charge in [-0.25, -0.2) is 5.84 Å². The highest BCUT2D eigenvalue weighted by atomic mass is 16.5. The van der Waals surface area contributed by atoms with Gasteiger partial charge in [0.05, 0.1) is 12.2 Å². The molecule has 3 N–H and O–H groups in total. The van der Waals surface area contributed by atoms with E-state index < -0.39 is 12.0 Å². The average molecular weight is 297 g/mol. The third-order valence-corrected chi connectivity index (χ3v) is 3.47. The summed E-state index contributed by atoms with van der Waals surface area (Å²) in [5.41, 5.74) is 3.25. The van der Waals surface area contributed by atoms with Crippen LogP contribution in [0.4, 0.5) is 5.69 Å². The van der Waals surface area contributed by atoms with Gasteiger partial charge in [0.15, 0.2) is 6.10 Å². The maximum Gasteiger partial charge on any atom is 0.276 e. The van der Waals surface area contributed by atoms with Crippen LogP contribution in [-0.4, -0.2) is 24.5 Å². The second-order valence-corrected chi connectivity index (χ2v) is 4.86. The molecular formula is C16H15N3O3. The molecule has 112 valence electrons. The molecule has 0 saturated carbocycles. The van der Waals surface area contributed by atoms with E-state index in [0.717, 1.165) is 0 Å². The SMILES string of the molecule is NNC(=O)[C@@H]1CN(C(=O)c2ccccc2)c2ccccc2O1. The lowest BCUT2D eigenvalue weighted by Crippen LogP contribution is -2.52. The molecule has 2 aromatic carbocycles. The van der Waals surface area contributed by atoms with E-state index in [9.17, 15) is 9.59 Å². The van der Waals surface area contributed by atoms with E-state index in [-0.39, 0.29) is 12.5 Å². The molecule has 0 aliphatic carbocycles. The number of para-hydroxylation sites is 2. The van der Waals surface area contributed by atoms with Crippen molar-refractivity contribution in [2.24, 2.45) is 5.84 Å². The number of amides is 2. The fraction of sp³-hybridized carbons (Fsp3) is 0.125. The van der Waals surface area contributed by atoms with Crippen LogP contribution in [0, 0.1) is 0 Å². The van der Waals surface area contributed by atoms with E-state index in [1.54, 1.807) is 42.5 Å². The summed E-state index contributed by atoms with van der Waals surface area (Å²) in [4.78, 5) is 26.0. The number of nitrogens with one attached hydrogen (secondary N) is 1. The Morgan fingerprint density at radius 1 is 1.09 bits per heavy atom. The molecule has 2 amide bonds. The number of nitrogens with zero attached hydrogens (tertiary/aromatic N) is 1. The third-order valence-electron chi connectivity index (χ3n) is 3.47. The zero-order valence-electron chi connectivity index (χ0n) is 11.7. The van der Waals surface area contributed by atoms with Gasteiger partial charge in [0, 0.05) is 5.56 Å². The summed E-state index contributed by atoms with van der Waals surface area (Å²) in [6.07, 6.45) is -0.840. The fourth-order valence-electron chi connectivity index (χ4n) is 2.39. The van der Waals surface area contributed by atoms with Gasteiger partial charge in [0.25, 0.3) is 11.8 Å². The molecule has 0 saturated heterocycles. The van der Waals surface area contributed by atoms with Crippen LogP contribution in [0.1, 0.15) is 10.4 Å². The summed E-state index contributed by atoms with van der Waals surface area (Å²) in [6.45, 7) is 0.105. The van der Waals surface area contributed by atoms with Gasteiger partial charge in [-0.15, -0.1) is 0 Å². The number of fused-ring (bicyclic) bond motifs is 1. The number of carbonyl (C=O) groups is 2. The van der Waals surface area contributed by atoms with E-state index in [0.29, 0.717) is 17.0 Å². The molecule has 0 bridgehead atoms. The van der Waals surface area contributed by atoms with E-state index in [1.165, 1.54) is 4.90 Å². The summed E-state index contributed by atoms with van der Waals surface area (Å²) in [5, 5.41) is 0. The molecule has 0 aromatic heterocycles. The standard InChI is InChI=1S/C16H15N3O3/c17-18-15(20)14-10-19(12-8-4-5-9-13(12)22-14)16(21)11-6-2-1-3-7-11/h1-9,14H,10,17H2,(H,18,20)/t14-/m0/s1. The van der Waals surface area contributed by atoms with Gasteiger partial charge in [-0.2, -0.15) is 0 Å². The molecule has 6 heteroatoms. The first-order chi connectivity index (χ1) is 10.7. The van der Waals surface area contributed by atoms with Crippen molar-refractivity contribution >= 4 is 17.5 Å². The van der Waals surface area contributed by atoms with Crippen molar-refractivity contribution < 1.29 is 14.3 Å². The molecular weight excluding hydrogens is 282 g/mol. The van der Waals surface area contributed by atoms with Crippen molar-refractivity contribution in [1.29, 1.82) is 0 Å². The van der Waals surface area contributed by atoms with E-state index in [2.05, 4.69) is 5.43 Å². The van der Waals surface area contributed by atoms with Crippen molar-refractivity contribution in [3.63, 3.8) is 0 Å². The highest BCUT2D eigenvalue weighted by Crippen LogP contribution is 2.34. The summed E-state index contributed by atoms with van der Waals surface area (Å²) in [6, 6.07) is 16.0. The van der Waals surface area contributed by atoms with Crippen LogP contribution in [-0.2, 0) is 4.79 Å². The Bertz CT molecular complexity index is 703. The van der Waals surface area contributed by atoms with Crippen molar-refractivity contribution in [1.82, 2.24) is 5.43 Å². The second-order valence-electron chi connectivity index (χ2n) is 4.86. The zero-order valence-corrected chi connectivity index (χ0v) is 11.7. The number of carbonyl (C=O) groups excluding carboxylic acids is 2. The highest BCUT2D eigenvalue weighted by Gasteiger charge is 2.33.